The number of amides is 1. The maximum atomic E-state index is 14.1. The van der Waals surface area contributed by atoms with Crippen LogP contribution in [0.2, 0.25) is 0 Å². The van der Waals surface area contributed by atoms with Gasteiger partial charge in [0.2, 0.25) is 10.0 Å². The third kappa shape index (κ3) is 4.12. The van der Waals surface area contributed by atoms with Crippen LogP contribution in [-0.4, -0.2) is 54.6 Å². The van der Waals surface area contributed by atoms with E-state index < -0.39 is 32.4 Å². The number of piperazine rings is 1. The first-order valence-electron chi connectivity index (χ1n) is 10.2. The maximum absolute atomic E-state index is 14.1. The van der Waals surface area contributed by atoms with Gasteiger partial charge in [0, 0.05) is 37.8 Å². The Morgan fingerprint density at radius 2 is 1.47 bits per heavy atom. The van der Waals surface area contributed by atoms with Crippen molar-refractivity contribution in [2.24, 2.45) is 0 Å². The Labute approximate surface area is 186 Å². The number of nitro groups is 1. The first kappa shape index (κ1) is 23.8. The predicted octanol–water partition coefficient (Wildman–Crippen LogP) is 3.42. The number of hydrogen-bond donors (Lipinski definition) is 0. The van der Waals surface area contributed by atoms with E-state index in [1.54, 1.807) is 13.8 Å². The fourth-order valence-corrected chi connectivity index (χ4v) is 5.99. The van der Waals surface area contributed by atoms with Gasteiger partial charge in [0.15, 0.2) is 0 Å². The molecule has 3 rings (SSSR count). The van der Waals surface area contributed by atoms with Crippen LogP contribution in [0.25, 0.3) is 0 Å². The molecule has 10 heteroatoms. The summed E-state index contributed by atoms with van der Waals surface area (Å²) in [4.78, 5) is 24.9. The van der Waals surface area contributed by atoms with Gasteiger partial charge in [0.05, 0.1) is 15.4 Å². The summed E-state index contributed by atoms with van der Waals surface area (Å²) in [5.74, 6) is -1.40. The zero-order chi connectivity index (χ0) is 24.0. The first-order chi connectivity index (χ1) is 14.9. The number of hydrogen-bond acceptors (Lipinski definition) is 5. The topological polar surface area (TPSA) is 101 Å². The largest absolute Gasteiger partial charge is 0.336 e. The Balaban J connectivity index is 1.83. The Hall–Kier alpha value is -2.85. The number of carbonyl (C=O) groups excluding carboxylic acids is 1. The SMILES string of the molecule is Cc1cc(C)c(C)c(S(=O)(=O)N2CCN(C(=O)c3cc(F)c(C)c([N+](=O)[O-])c3)CC2)c1C. The maximum Gasteiger partial charge on any atom is 0.276 e. The average molecular weight is 464 g/mol. The second kappa shape index (κ2) is 8.59. The second-order valence-electron chi connectivity index (χ2n) is 8.15. The molecule has 1 aliphatic heterocycles. The van der Waals surface area contributed by atoms with Crippen molar-refractivity contribution in [1.82, 2.24) is 9.21 Å². The molecule has 0 saturated carbocycles. The Morgan fingerprint density at radius 1 is 0.938 bits per heavy atom. The third-order valence-electron chi connectivity index (χ3n) is 6.18. The zero-order valence-corrected chi connectivity index (χ0v) is 19.5. The summed E-state index contributed by atoms with van der Waals surface area (Å²) in [6, 6.07) is 4.00. The molecule has 1 fully saturated rings. The van der Waals surface area contributed by atoms with E-state index in [4.69, 9.17) is 0 Å². The number of sulfonamides is 1. The van der Waals surface area contributed by atoms with Crippen molar-refractivity contribution < 1.29 is 22.5 Å². The lowest BCUT2D eigenvalue weighted by Crippen LogP contribution is -2.50. The van der Waals surface area contributed by atoms with E-state index in [-0.39, 0.29) is 37.3 Å². The van der Waals surface area contributed by atoms with Gasteiger partial charge in [-0.1, -0.05) is 6.07 Å². The van der Waals surface area contributed by atoms with E-state index in [1.165, 1.54) is 16.1 Å². The van der Waals surface area contributed by atoms with Gasteiger partial charge in [-0.25, -0.2) is 12.8 Å². The Morgan fingerprint density at radius 3 is 1.97 bits per heavy atom. The van der Waals surface area contributed by atoms with Crippen LogP contribution in [0, 0.1) is 50.6 Å². The first-order valence-corrected chi connectivity index (χ1v) is 11.6. The number of nitro benzene ring substituents is 1. The predicted molar refractivity (Wildman–Crippen MR) is 118 cm³/mol. The van der Waals surface area contributed by atoms with Crippen LogP contribution in [0.4, 0.5) is 10.1 Å². The minimum atomic E-state index is -3.77. The quantitative estimate of drug-likeness (QED) is 0.511. The molecule has 0 unspecified atom stereocenters. The molecule has 1 amide bonds. The highest BCUT2D eigenvalue weighted by molar-refractivity contribution is 7.89. The molecule has 8 nitrogen and oxygen atoms in total. The molecule has 0 bridgehead atoms. The molecule has 1 saturated heterocycles. The van der Waals surface area contributed by atoms with Crippen LogP contribution in [-0.2, 0) is 10.0 Å². The van der Waals surface area contributed by atoms with Crippen LogP contribution >= 0.6 is 0 Å². The number of carbonyl (C=O) groups is 1. The third-order valence-corrected chi connectivity index (χ3v) is 8.35. The van der Waals surface area contributed by atoms with E-state index in [0.717, 1.165) is 23.3 Å². The van der Waals surface area contributed by atoms with Gasteiger partial charge in [0.25, 0.3) is 11.6 Å². The number of rotatable bonds is 4. The highest BCUT2D eigenvalue weighted by Crippen LogP contribution is 2.30. The van der Waals surface area contributed by atoms with E-state index in [2.05, 4.69) is 0 Å². The van der Waals surface area contributed by atoms with Gasteiger partial charge in [-0.2, -0.15) is 4.31 Å². The molecule has 0 spiro atoms. The van der Waals surface area contributed by atoms with E-state index in [0.29, 0.717) is 16.0 Å². The number of halogens is 1. The van der Waals surface area contributed by atoms with Crippen molar-refractivity contribution in [3.63, 3.8) is 0 Å². The molecule has 32 heavy (non-hydrogen) atoms. The molecular formula is C22H26FN3O5S. The molecule has 2 aromatic carbocycles. The lowest BCUT2D eigenvalue weighted by atomic mass is 10.0. The minimum absolute atomic E-state index is 0.0797. The fourth-order valence-electron chi connectivity index (χ4n) is 3.99. The molecule has 0 aliphatic carbocycles. The summed E-state index contributed by atoms with van der Waals surface area (Å²) in [6.45, 7) is 8.96. The van der Waals surface area contributed by atoms with E-state index >= 15 is 0 Å². The molecule has 172 valence electrons. The van der Waals surface area contributed by atoms with Crippen LogP contribution in [0.3, 0.4) is 0 Å². The lowest BCUT2D eigenvalue weighted by Gasteiger charge is -2.34. The summed E-state index contributed by atoms with van der Waals surface area (Å²) in [7, 11) is -3.77. The molecule has 1 heterocycles. The Kier molecular flexibility index (Phi) is 6.39. The van der Waals surface area contributed by atoms with Crippen molar-refractivity contribution in [2.45, 2.75) is 39.5 Å². The average Bonchev–Trinajstić information content (AvgIpc) is 2.73. The van der Waals surface area contributed by atoms with Gasteiger partial charge in [-0.15, -0.1) is 0 Å². The van der Waals surface area contributed by atoms with Crippen molar-refractivity contribution >= 4 is 21.6 Å². The molecule has 1 aliphatic rings. The summed E-state index contributed by atoms with van der Waals surface area (Å²) in [5, 5.41) is 11.2. The molecular weight excluding hydrogens is 437 g/mol. The number of aryl methyl sites for hydroxylation is 2. The summed E-state index contributed by atoms with van der Waals surface area (Å²) < 4.78 is 42.2. The van der Waals surface area contributed by atoms with Crippen molar-refractivity contribution in [1.29, 1.82) is 0 Å². The highest BCUT2D eigenvalue weighted by atomic mass is 32.2. The zero-order valence-electron chi connectivity index (χ0n) is 18.7. The Bertz CT molecular complexity index is 1190. The molecule has 2 aromatic rings. The minimum Gasteiger partial charge on any atom is -0.336 e. The highest BCUT2D eigenvalue weighted by Gasteiger charge is 2.33. The van der Waals surface area contributed by atoms with Gasteiger partial charge < -0.3 is 4.90 Å². The molecule has 0 atom stereocenters. The van der Waals surface area contributed by atoms with Crippen LogP contribution < -0.4 is 0 Å². The number of benzene rings is 2. The van der Waals surface area contributed by atoms with E-state index in [9.17, 15) is 27.7 Å². The van der Waals surface area contributed by atoms with Gasteiger partial charge in [-0.3, -0.25) is 14.9 Å². The second-order valence-corrected chi connectivity index (χ2v) is 10.0. The van der Waals surface area contributed by atoms with Crippen LogP contribution in [0.5, 0.6) is 0 Å². The standard InChI is InChI=1S/C22H26FN3O5S/c1-13-10-14(2)16(4)21(15(13)3)32(30,31)25-8-6-24(7-9-25)22(27)18-11-19(23)17(5)20(12-18)26(28)29/h10-12H,6-9H2,1-5H3. The van der Waals surface area contributed by atoms with Crippen LogP contribution in [0.1, 0.15) is 38.2 Å². The molecule has 0 radical (unpaired) electrons. The van der Waals surface area contributed by atoms with Crippen LogP contribution in [0.15, 0.2) is 23.1 Å². The van der Waals surface area contributed by atoms with E-state index in [1.807, 2.05) is 19.9 Å². The fraction of sp³-hybridized carbons (Fsp3) is 0.409. The summed E-state index contributed by atoms with van der Waals surface area (Å²) >= 11 is 0. The van der Waals surface area contributed by atoms with Crippen molar-refractivity contribution in [3.05, 3.63) is 67.5 Å². The summed E-state index contributed by atoms with van der Waals surface area (Å²) in [5.41, 5.74) is 2.46. The van der Waals surface area contributed by atoms with Crippen molar-refractivity contribution in [3.8, 4) is 0 Å². The smallest absolute Gasteiger partial charge is 0.276 e. The number of nitrogens with zero attached hydrogens (tertiary/aromatic N) is 3. The van der Waals surface area contributed by atoms with Gasteiger partial charge in [-0.05, 0) is 62.9 Å². The van der Waals surface area contributed by atoms with Crippen molar-refractivity contribution in [2.75, 3.05) is 26.2 Å². The normalized spacial score (nSPS) is 15.1. The monoisotopic (exact) mass is 463 g/mol. The van der Waals surface area contributed by atoms with Gasteiger partial charge in [0.1, 0.15) is 5.82 Å². The lowest BCUT2D eigenvalue weighted by molar-refractivity contribution is -0.385. The van der Waals surface area contributed by atoms with Gasteiger partial charge >= 0.3 is 0 Å². The summed E-state index contributed by atoms with van der Waals surface area (Å²) in [6.07, 6.45) is 0. The molecule has 0 aromatic heterocycles. The molecule has 0 N–H and O–H groups in total.